The van der Waals surface area contributed by atoms with Crippen molar-refractivity contribution in [2.75, 3.05) is 0 Å². The summed E-state index contributed by atoms with van der Waals surface area (Å²) in [6.45, 7) is 0. The Balaban J connectivity index is 1.02. The third-order valence-electron chi connectivity index (χ3n) is 17.4. The fourth-order valence-corrected chi connectivity index (χ4v) is 15.6. The van der Waals surface area contributed by atoms with E-state index in [4.69, 9.17) is 19.4 Å². The lowest BCUT2D eigenvalue weighted by Crippen LogP contribution is -2.59. The Morgan fingerprint density at radius 2 is 0.941 bits per heavy atom. The molecule has 0 aliphatic heterocycles. The monoisotopic (exact) mass is 663 g/mol. The third-order valence-corrected chi connectivity index (χ3v) is 17.4. The maximum atomic E-state index is 7.43. The minimum Gasteiger partial charge on any atom is -0.455 e. The Kier molecular flexibility index (Phi) is 4.64. The number of rotatable bonds is 5. The molecule has 0 N–H and O–H groups in total. The molecule has 4 aromatic carbocycles. The van der Waals surface area contributed by atoms with Gasteiger partial charge in [-0.05, 0) is 123 Å². The lowest BCUT2D eigenvalue weighted by Gasteiger charge is -2.66. The van der Waals surface area contributed by atoms with Crippen LogP contribution in [0.5, 0.6) is 0 Å². The summed E-state index contributed by atoms with van der Waals surface area (Å²) in [4.78, 5) is 15.6. The van der Waals surface area contributed by atoms with E-state index in [1.165, 1.54) is 91.7 Å². The number of furan rings is 1. The van der Waals surface area contributed by atoms with Gasteiger partial charge in [-0.15, -0.1) is 0 Å². The molecule has 250 valence electrons. The van der Waals surface area contributed by atoms with E-state index in [9.17, 15) is 0 Å². The van der Waals surface area contributed by atoms with Crippen LogP contribution in [0.4, 0.5) is 0 Å². The molecule has 8 saturated carbocycles. The van der Waals surface area contributed by atoms with Crippen molar-refractivity contribution in [3.8, 4) is 34.2 Å². The summed E-state index contributed by atoms with van der Waals surface area (Å²) in [6.07, 6.45) is 14.0. The van der Waals surface area contributed by atoms with Crippen LogP contribution in [-0.4, -0.2) is 15.0 Å². The summed E-state index contributed by atoms with van der Waals surface area (Å²) in [5.74, 6) is 7.89. The number of hydrogen-bond donors (Lipinski definition) is 0. The first-order valence-corrected chi connectivity index (χ1v) is 19.9. The van der Waals surface area contributed by atoms with Crippen LogP contribution in [0.25, 0.3) is 56.1 Å². The zero-order valence-corrected chi connectivity index (χ0v) is 28.9. The molecule has 0 amide bonds. The van der Waals surface area contributed by atoms with Crippen molar-refractivity contribution in [1.82, 2.24) is 15.0 Å². The highest BCUT2D eigenvalue weighted by Gasteiger charge is 2.79. The second kappa shape index (κ2) is 8.65. The highest BCUT2D eigenvalue weighted by molar-refractivity contribution is 6.09. The number of para-hydroxylation sites is 1. The minimum atomic E-state index is 0.184. The first kappa shape index (κ1) is 27.4. The molecule has 8 aliphatic carbocycles. The zero-order chi connectivity index (χ0) is 32.9. The molecule has 0 saturated heterocycles. The summed E-state index contributed by atoms with van der Waals surface area (Å²) < 4.78 is 7.43. The lowest BCUT2D eigenvalue weighted by atomic mass is 9.38. The molecule has 8 aliphatic rings. The van der Waals surface area contributed by atoms with E-state index in [2.05, 4.69) is 91.0 Å². The van der Waals surface area contributed by atoms with Crippen LogP contribution in [0.3, 0.4) is 0 Å². The van der Waals surface area contributed by atoms with Gasteiger partial charge in [-0.25, -0.2) is 15.0 Å². The van der Waals surface area contributed by atoms with Gasteiger partial charge in [0.05, 0.1) is 0 Å². The van der Waals surface area contributed by atoms with E-state index in [1.54, 1.807) is 0 Å². The summed E-state index contributed by atoms with van der Waals surface area (Å²) >= 11 is 0. The summed E-state index contributed by atoms with van der Waals surface area (Å²) in [5.41, 5.74) is 10.2. The predicted octanol–water partition coefficient (Wildman–Crippen LogP) is 10.9. The van der Waals surface area contributed by atoms with Crippen LogP contribution in [0.2, 0.25) is 0 Å². The van der Waals surface area contributed by atoms with E-state index < -0.39 is 0 Å². The standard InChI is InChI=1S/C47H41N3O/c1-3-8-26(9-4-1)41-48-42(27-10-5-2-6-11-27)50-43(49-41)28-14-36-35-12-7-13-37(44-20-31-16-29-17-32(21-44)46(29,31)24-44)39(35)51-40(36)38(15-28)45-22-33-18-30-19-34(23-45)47(30,33)25-45/h1-15,29-34H,16-25H2. The van der Waals surface area contributed by atoms with Gasteiger partial charge in [0.15, 0.2) is 17.5 Å². The number of benzene rings is 4. The Bertz CT molecular complexity index is 2430. The van der Waals surface area contributed by atoms with Crippen molar-refractivity contribution < 1.29 is 4.42 Å². The number of fused-ring (bicyclic) bond motifs is 5. The van der Waals surface area contributed by atoms with Crippen LogP contribution in [0.15, 0.2) is 95.4 Å². The Morgan fingerprint density at radius 3 is 1.45 bits per heavy atom. The van der Waals surface area contributed by atoms with Gasteiger partial charge in [-0.2, -0.15) is 0 Å². The fraction of sp³-hybridized carbons (Fsp3) is 0.426. The first-order valence-electron chi connectivity index (χ1n) is 19.9. The second-order valence-electron chi connectivity index (χ2n) is 18.8. The van der Waals surface area contributed by atoms with E-state index in [1.807, 2.05) is 0 Å². The van der Waals surface area contributed by atoms with Gasteiger partial charge in [-0.1, -0.05) is 78.9 Å². The molecular weight excluding hydrogens is 623 g/mol. The minimum absolute atomic E-state index is 0.184. The van der Waals surface area contributed by atoms with E-state index in [-0.39, 0.29) is 5.41 Å². The van der Waals surface area contributed by atoms with E-state index >= 15 is 0 Å². The molecule has 4 heteroatoms. The van der Waals surface area contributed by atoms with Gasteiger partial charge >= 0.3 is 0 Å². The lowest BCUT2D eigenvalue weighted by molar-refractivity contribution is -0.175. The van der Waals surface area contributed by atoms with Crippen LogP contribution in [0.1, 0.15) is 75.3 Å². The molecule has 4 nitrogen and oxygen atoms in total. The zero-order valence-electron chi connectivity index (χ0n) is 28.9. The number of nitrogens with zero attached hydrogens (tertiary/aromatic N) is 3. The molecule has 14 rings (SSSR count). The molecule has 4 atom stereocenters. The van der Waals surface area contributed by atoms with Crippen LogP contribution in [-0.2, 0) is 10.8 Å². The van der Waals surface area contributed by atoms with Gasteiger partial charge < -0.3 is 4.42 Å². The molecule has 2 spiro atoms. The normalized spacial score (nSPS) is 39.7. The van der Waals surface area contributed by atoms with Crippen molar-refractivity contribution in [3.63, 3.8) is 0 Å². The predicted molar refractivity (Wildman–Crippen MR) is 199 cm³/mol. The average molecular weight is 664 g/mol. The molecule has 0 radical (unpaired) electrons. The Labute approximate surface area is 298 Å². The van der Waals surface area contributed by atoms with Gasteiger partial charge in [0.1, 0.15) is 11.2 Å². The van der Waals surface area contributed by atoms with Gasteiger partial charge in [0, 0.05) is 49.4 Å². The highest BCUT2D eigenvalue weighted by Crippen LogP contribution is 2.86. The van der Waals surface area contributed by atoms with Crippen molar-refractivity contribution in [2.24, 2.45) is 46.3 Å². The summed E-state index contributed by atoms with van der Waals surface area (Å²) in [7, 11) is 0. The SMILES string of the molecule is c1ccc(-c2nc(-c3ccccc3)nc(-c3cc(C45CC6CC7CC(C4)C76C5)c4oc5c(C67CC8CC9CC(C6)C98C7)cccc5c4c3)n2)cc1. The largest absolute Gasteiger partial charge is 0.455 e. The van der Waals surface area contributed by atoms with Crippen molar-refractivity contribution in [2.45, 2.75) is 75.0 Å². The Morgan fingerprint density at radius 1 is 0.451 bits per heavy atom. The summed E-state index contributed by atoms with van der Waals surface area (Å²) in [6, 6.07) is 32.8. The summed E-state index contributed by atoms with van der Waals surface area (Å²) in [5, 5.41) is 2.56. The van der Waals surface area contributed by atoms with Crippen molar-refractivity contribution >= 4 is 21.9 Å². The average Bonchev–Trinajstić information content (AvgIpc) is 3.93. The van der Waals surface area contributed by atoms with Gasteiger partial charge in [0.25, 0.3) is 0 Å². The second-order valence-corrected chi connectivity index (χ2v) is 18.8. The van der Waals surface area contributed by atoms with Gasteiger partial charge in [0.2, 0.25) is 0 Å². The molecule has 51 heavy (non-hydrogen) atoms. The molecule has 2 aromatic heterocycles. The smallest absolute Gasteiger partial charge is 0.164 e. The fourth-order valence-electron chi connectivity index (χ4n) is 15.6. The molecule has 6 aromatic rings. The van der Waals surface area contributed by atoms with Crippen molar-refractivity contribution in [3.05, 3.63) is 102 Å². The highest BCUT2D eigenvalue weighted by atomic mass is 16.3. The van der Waals surface area contributed by atoms with Crippen LogP contribution >= 0.6 is 0 Å². The Hall–Kier alpha value is -4.31. The number of hydrogen-bond acceptors (Lipinski definition) is 4. The number of aromatic nitrogens is 3. The maximum absolute atomic E-state index is 7.43. The third kappa shape index (κ3) is 3.03. The van der Waals surface area contributed by atoms with Crippen LogP contribution in [0, 0.1) is 46.3 Å². The molecule has 4 unspecified atom stereocenters. The van der Waals surface area contributed by atoms with E-state index in [0.717, 1.165) is 75.3 Å². The molecule has 2 heterocycles. The maximum Gasteiger partial charge on any atom is 0.164 e. The molecule has 8 fully saturated rings. The quantitative estimate of drug-likeness (QED) is 0.184. The van der Waals surface area contributed by atoms with E-state index in [0.29, 0.717) is 16.2 Å². The molecular formula is C47H41N3O. The topological polar surface area (TPSA) is 51.8 Å². The van der Waals surface area contributed by atoms with Crippen LogP contribution < -0.4 is 0 Å². The first-order chi connectivity index (χ1) is 25.1. The molecule has 4 bridgehead atoms. The van der Waals surface area contributed by atoms with Gasteiger partial charge in [-0.3, -0.25) is 0 Å². The van der Waals surface area contributed by atoms with Crippen molar-refractivity contribution in [1.29, 1.82) is 0 Å².